The van der Waals surface area contributed by atoms with Crippen molar-refractivity contribution in [1.82, 2.24) is 20.2 Å². The minimum absolute atomic E-state index is 0.0862. The minimum Gasteiger partial charge on any atom is -0.480 e. The van der Waals surface area contributed by atoms with Crippen molar-refractivity contribution in [2.24, 2.45) is 5.73 Å². The lowest BCUT2D eigenvalue weighted by atomic mass is 10.0. The standard InChI is InChI=1S/C23H31N5O6/c24-11-5-4-8-16(27-17(22(30)31)10-9-15-6-2-1-3-7-15)21(29)28-13-19-18(25-14-26-19)12-20(28)34-23(32)33/h1-3,6-7,14,16-17,20,27H,4-5,8-13,24H2,(H,25,26)(H,30,31)(H,32,33)/t16-,17-,20-/m0/s1. The van der Waals surface area contributed by atoms with Gasteiger partial charge in [-0.2, -0.15) is 0 Å². The van der Waals surface area contributed by atoms with Crippen LogP contribution in [0.3, 0.4) is 0 Å². The van der Waals surface area contributed by atoms with Gasteiger partial charge in [0.2, 0.25) is 5.91 Å². The van der Waals surface area contributed by atoms with Crippen LogP contribution in [0, 0.1) is 0 Å². The summed E-state index contributed by atoms with van der Waals surface area (Å²) in [4.78, 5) is 45.3. The number of carboxylic acids is 1. The SMILES string of the molecule is NCCCC[C@H](N[C@@H](CCc1ccccc1)C(=O)O)C(=O)N1Cc2[nH]cnc2C[C@@H]1OC(=O)O. The highest BCUT2D eigenvalue weighted by molar-refractivity contribution is 5.84. The zero-order chi connectivity index (χ0) is 24.5. The Kier molecular flexibility index (Phi) is 9.00. The quantitative estimate of drug-likeness (QED) is 0.226. The maximum atomic E-state index is 13.6. The monoisotopic (exact) mass is 473 g/mol. The molecule has 0 fully saturated rings. The number of ether oxygens (including phenoxy) is 1. The van der Waals surface area contributed by atoms with E-state index in [1.165, 1.54) is 11.2 Å². The molecule has 3 rings (SSSR count). The van der Waals surface area contributed by atoms with Gasteiger partial charge in [-0.05, 0) is 37.8 Å². The fourth-order valence-corrected chi connectivity index (χ4v) is 4.10. The number of aliphatic carboxylic acids is 1. The van der Waals surface area contributed by atoms with Gasteiger partial charge in [0.05, 0.1) is 30.3 Å². The fourth-order valence-electron chi connectivity index (χ4n) is 4.10. The number of hydrogen-bond acceptors (Lipinski definition) is 7. The third kappa shape index (κ3) is 6.78. The number of carboxylic acid groups (broad SMARTS) is 2. The number of aryl methyl sites for hydroxylation is 1. The predicted octanol–water partition coefficient (Wildman–Crippen LogP) is 1.49. The van der Waals surface area contributed by atoms with Crippen molar-refractivity contribution in [2.45, 2.75) is 63.4 Å². The van der Waals surface area contributed by atoms with Gasteiger partial charge in [-0.25, -0.2) is 9.78 Å². The smallest absolute Gasteiger partial charge is 0.480 e. The van der Waals surface area contributed by atoms with Gasteiger partial charge in [-0.1, -0.05) is 36.8 Å². The molecule has 0 unspecified atom stereocenters. The first-order valence-corrected chi connectivity index (χ1v) is 11.3. The van der Waals surface area contributed by atoms with Crippen LogP contribution in [-0.2, 0) is 33.7 Å². The van der Waals surface area contributed by atoms with Crippen molar-refractivity contribution in [1.29, 1.82) is 0 Å². The lowest BCUT2D eigenvalue weighted by Gasteiger charge is -2.36. The molecule has 1 amide bonds. The van der Waals surface area contributed by atoms with Crippen LogP contribution in [-0.4, -0.2) is 68.0 Å². The van der Waals surface area contributed by atoms with E-state index in [-0.39, 0.29) is 13.0 Å². The van der Waals surface area contributed by atoms with E-state index in [0.29, 0.717) is 50.0 Å². The zero-order valence-corrected chi connectivity index (χ0v) is 18.9. The van der Waals surface area contributed by atoms with Crippen LogP contribution in [0.25, 0.3) is 0 Å². The number of carbonyl (C=O) groups is 3. The lowest BCUT2D eigenvalue weighted by molar-refractivity contribution is -0.148. The summed E-state index contributed by atoms with van der Waals surface area (Å²) in [7, 11) is 0. The maximum Gasteiger partial charge on any atom is 0.507 e. The molecule has 3 atom stereocenters. The summed E-state index contributed by atoms with van der Waals surface area (Å²) in [6, 6.07) is 7.72. The highest BCUT2D eigenvalue weighted by Crippen LogP contribution is 2.23. The molecule has 0 saturated carbocycles. The van der Waals surface area contributed by atoms with E-state index >= 15 is 0 Å². The summed E-state index contributed by atoms with van der Waals surface area (Å²) in [6.45, 7) is 0.534. The summed E-state index contributed by atoms with van der Waals surface area (Å²) < 4.78 is 4.99. The molecule has 34 heavy (non-hydrogen) atoms. The van der Waals surface area contributed by atoms with E-state index in [4.69, 9.17) is 10.5 Å². The molecule has 1 aromatic heterocycles. The van der Waals surface area contributed by atoms with Crippen LogP contribution in [0.15, 0.2) is 36.7 Å². The number of H-pyrrole nitrogens is 1. The number of amides is 1. The Morgan fingerprint density at radius 3 is 2.62 bits per heavy atom. The molecule has 0 spiro atoms. The number of benzene rings is 1. The summed E-state index contributed by atoms with van der Waals surface area (Å²) in [6.07, 6.45) is 1.51. The second-order valence-electron chi connectivity index (χ2n) is 8.26. The number of aromatic nitrogens is 2. The number of carbonyl (C=O) groups excluding carboxylic acids is 1. The number of rotatable bonds is 12. The van der Waals surface area contributed by atoms with E-state index in [1.807, 2.05) is 30.3 Å². The molecule has 2 aromatic rings. The topological polar surface area (TPSA) is 171 Å². The number of nitrogens with zero attached hydrogens (tertiary/aromatic N) is 2. The summed E-state index contributed by atoms with van der Waals surface area (Å²) in [5.41, 5.74) is 7.93. The number of unbranched alkanes of at least 4 members (excludes halogenated alkanes) is 1. The Morgan fingerprint density at radius 2 is 1.94 bits per heavy atom. The summed E-state index contributed by atoms with van der Waals surface area (Å²) >= 11 is 0. The fraction of sp³-hybridized carbons (Fsp3) is 0.478. The molecule has 1 aromatic carbocycles. The minimum atomic E-state index is -1.50. The molecule has 1 aliphatic rings. The van der Waals surface area contributed by atoms with E-state index < -0.39 is 36.3 Å². The van der Waals surface area contributed by atoms with E-state index in [9.17, 15) is 24.6 Å². The van der Waals surface area contributed by atoms with Gasteiger partial charge in [-0.15, -0.1) is 0 Å². The highest BCUT2D eigenvalue weighted by Gasteiger charge is 2.38. The molecule has 0 bridgehead atoms. The largest absolute Gasteiger partial charge is 0.507 e. The average Bonchev–Trinajstić information content (AvgIpc) is 3.27. The lowest BCUT2D eigenvalue weighted by Crippen LogP contribution is -2.56. The second-order valence-corrected chi connectivity index (χ2v) is 8.26. The molecular weight excluding hydrogens is 442 g/mol. The molecule has 11 nitrogen and oxygen atoms in total. The van der Waals surface area contributed by atoms with Gasteiger partial charge < -0.3 is 25.7 Å². The van der Waals surface area contributed by atoms with Crippen molar-refractivity contribution in [3.05, 3.63) is 53.6 Å². The van der Waals surface area contributed by atoms with Crippen molar-refractivity contribution in [3.63, 3.8) is 0 Å². The molecular formula is C23H31N5O6. The Hall–Kier alpha value is -3.44. The van der Waals surface area contributed by atoms with Gasteiger partial charge in [0.1, 0.15) is 6.04 Å². The van der Waals surface area contributed by atoms with Gasteiger partial charge in [0, 0.05) is 6.42 Å². The normalized spacial score (nSPS) is 17.0. The van der Waals surface area contributed by atoms with Gasteiger partial charge >= 0.3 is 12.1 Å². The van der Waals surface area contributed by atoms with E-state index in [1.54, 1.807) is 0 Å². The Balaban J connectivity index is 1.77. The molecule has 184 valence electrons. The molecule has 6 N–H and O–H groups in total. The van der Waals surface area contributed by atoms with Crippen LogP contribution in [0.4, 0.5) is 4.79 Å². The van der Waals surface area contributed by atoms with Crippen LogP contribution in [0.1, 0.15) is 42.6 Å². The van der Waals surface area contributed by atoms with E-state index in [0.717, 1.165) is 5.56 Å². The van der Waals surface area contributed by atoms with Crippen LogP contribution in [0.2, 0.25) is 0 Å². The van der Waals surface area contributed by atoms with Crippen molar-refractivity contribution in [3.8, 4) is 0 Å². The number of nitrogens with one attached hydrogen (secondary N) is 2. The van der Waals surface area contributed by atoms with Gasteiger partial charge in [0.25, 0.3) is 0 Å². The Bertz CT molecular complexity index is 966. The molecule has 11 heteroatoms. The number of imidazole rings is 1. The number of nitrogens with two attached hydrogens (primary N) is 1. The van der Waals surface area contributed by atoms with E-state index in [2.05, 4.69) is 15.3 Å². The molecule has 0 saturated heterocycles. The average molecular weight is 474 g/mol. The van der Waals surface area contributed by atoms with Gasteiger partial charge in [-0.3, -0.25) is 19.8 Å². The maximum absolute atomic E-state index is 13.6. The number of fused-ring (bicyclic) bond motifs is 1. The first kappa shape index (κ1) is 25.2. The first-order valence-electron chi connectivity index (χ1n) is 11.3. The highest BCUT2D eigenvalue weighted by atomic mass is 16.7. The Morgan fingerprint density at radius 1 is 1.18 bits per heavy atom. The van der Waals surface area contributed by atoms with Crippen LogP contribution in [0.5, 0.6) is 0 Å². The molecule has 2 heterocycles. The number of aromatic amines is 1. The summed E-state index contributed by atoms with van der Waals surface area (Å²) in [5.74, 6) is -1.48. The number of hydrogen-bond donors (Lipinski definition) is 5. The second kappa shape index (κ2) is 12.1. The Labute approximate surface area is 197 Å². The summed E-state index contributed by atoms with van der Waals surface area (Å²) in [5, 5.41) is 22.0. The van der Waals surface area contributed by atoms with Gasteiger partial charge in [0.15, 0.2) is 6.23 Å². The molecule has 0 aliphatic carbocycles. The van der Waals surface area contributed by atoms with Crippen LogP contribution < -0.4 is 11.1 Å². The zero-order valence-electron chi connectivity index (χ0n) is 18.9. The third-order valence-electron chi connectivity index (χ3n) is 5.88. The molecule has 1 aliphatic heterocycles. The van der Waals surface area contributed by atoms with Crippen molar-refractivity contribution in [2.75, 3.05) is 6.54 Å². The van der Waals surface area contributed by atoms with Crippen molar-refractivity contribution < 1.29 is 29.3 Å². The van der Waals surface area contributed by atoms with Crippen molar-refractivity contribution >= 4 is 18.0 Å². The predicted molar refractivity (Wildman–Crippen MR) is 122 cm³/mol. The first-order chi connectivity index (χ1) is 16.4. The van der Waals surface area contributed by atoms with Crippen LogP contribution >= 0.6 is 0 Å². The molecule has 0 radical (unpaired) electrons. The third-order valence-corrected chi connectivity index (χ3v) is 5.88.